The Balaban J connectivity index is 1.80. The second-order valence-corrected chi connectivity index (χ2v) is 5.12. The lowest BCUT2D eigenvalue weighted by Gasteiger charge is -2.45. The quantitative estimate of drug-likeness (QED) is 0.836. The predicted octanol–water partition coefficient (Wildman–Crippen LogP) is 2.45. The van der Waals surface area contributed by atoms with Crippen molar-refractivity contribution >= 4 is 11.8 Å². The van der Waals surface area contributed by atoms with Gasteiger partial charge in [0.1, 0.15) is 0 Å². The van der Waals surface area contributed by atoms with Gasteiger partial charge < -0.3 is 9.64 Å². The summed E-state index contributed by atoms with van der Waals surface area (Å²) >= 11 is 0. The van der Waals surface area contributed by atoms with Crippen LogP contribution >= 0.6 is 0 Å². The van der Waals surface area contributed by atoms with Gasteiger partial charge in [-0.05, 0) is 23.8 Å². The SMILES string of the molecule is C1=CC(c2ccncc2)N(C2COC2)c2cnccc21. The van der Waals surface area contributed by atoms with E-state index in [0.717, 1.165) is 13.2 Å². The minimum absolute atomic E-state index is 0.226. The minimum Gasteiger partial charge on any atom is -0.377 e. The molecule has 0 radical (unpaired) electrons. The Morgan fingerprint density at radius 1 is 1.05 bits per heavy atom. The van der Waals surface area contributed by atoms with Gasteiger partial charge >= 0.3 is 0 Å². The Kier molecular flexibility index (Phi) is 2.74. The maximum Gasteiger partial charge on any atom is 0.0767 e. The van der Waals surface area contributed by atoms with E-state index in [1.165, 1.54) is 16.8 Å². The number of hydrogen-bond donors (Lipinski definition) is 0. The lowest BCUT2D eigenvalue weighted by molar-refractivity contribution is 0.00589. The molecule has 0 aromatic carbocycles. The molecule has 1 atom stereocenters. The molecule has 0 spiro atoms. The fourth-order valence-corrected chi connectivity index (χ4v) is 2.83. The van der Waals surface area contributed by atoms with Gasteiger partial charge in [0.2, 0.25) is 0 Å². The minimum atomic E-state index is 0.226. The van der Waals surface area contributed by atoms with Crippen LogP contribution in [0.25, 0.3) is 6.08 Å². The molecular formula is C16H15N3O. The fourth-order valence-electron chi connectivity index (χ4n) is 2.83. The van der Waals surface area contributed by atoms with Crippen molar-refractivity contribution in [2.45, 2.75) is 12.1 Å². The van der Waals surface area contributed by atoms with E-state index in [2.05, 4.69) is 45.2 Å². The standard InChI is InChI=1S/C16H15N3O/c1-2-15(13-3-6-17-7-4-13)19(14-10-20-11-14)16-9-18-8-5-12(1)16/h1-9,14-15H,10-11H2. The van der Waals surface area contributed by atoms with E-state index in [1.54, 1.807) is 0 Å². The average molecular weight is 265 g/mol. The molecule has 2 aliphatic rings. The van der Waals surface area contributed by atoms with Crippen LogP contribution in [-0.2, 0) is 4.74 Å². The van der Waals surface area contributed by atoms with Crippen molar-refractivity contribution in [3.63, 3.8) is 0 Å². The second kappa shape index (κ2) is 4.72. The largest absolute Gasteiger partial charge is 0.377 e. The molecule has 0 saturated carbocycles. The maximum atomic E-state index is 5.39. The van der Waals surface area contributed by atoms with E-state index in [9.17, 15) is 0 Å². The van der Waals surface area contributed by atoms with Crippen LogP contribution < -0.4 is 4.90 Å². The predicted molar refractivity (Wildman–Crippen MR) is 77.3 cm³/mol. The summed E-state index contributed by atoms with van der Waals surface area (Å²) in [5.74, 6) is 0. The molecule has 0 bridgehead atoms. The van der Waals surface area contributed by atoms with Crippen molar-refractivity contribution in [3.05, 3.63) is 60.2 Å². The first-order valence-electron chi connectivity index (χ1n) is 6.82. The average Bonchev–Trinajstić information content (AvgIpc) is 2.47. The van der Waals surface area contributed by atoms with Crippen LogP contribution in [0.2, 0.25) is 0 Å². The maximum absolute atomic E-state index is 5.39. The van der Waals surface area contributed by atoms with Gasteiger partial charge in [-0.3, -0.25) is 9.97 Å². The number of aromatic nitrogens is 2. The van der Waals surface area contributed by atoms with Gasteiger partial charge in [0.15, 0.2) is 0 Å². The number of hydrogen-bond acceptors (Lipinski definition) is 4. The highest BCUT2D eigenvalue weighted by Gasteiger charge is 2.34. The summed E-state index contributed by atoms with van der Waals surface area (Å²) in [7, 11) is 0. The number of rotatable bonds is 2. The number of nitrogens with zero attached hydrogens (tertiary/aromatic N) is 3. The summed E-state index contributed by atoms with van der Waals surface area (Å²) in [4.78, 5) is 10.8. The number of fused-ring (bicyclic) bond motifs is 1. The molecule has 0 N–H and O–H groups in total. The molecule has 4 heterocycles. The molecule has 20 heavy (non-hydrogen) atoms. The van der Waals surface area contributed by atoms with Gasteiger partial charge in [-0.2, -0.15) is 0 Å². The highest BCUT2D eigenvalue weighted by Crippen LogP contribution is 2.38. The van der Waals surface area contributed by atoms with Crippen molar-refractivity contribution in [3.8, 4) is 0 Å². The Morgan fingerprint density at radius 2 is 1.85 bits per heavy atom. The van der Waals surface area contributed by atoms with Crippen LogP contribution in [0.15, 0.2) is 49.1 Å². The molecule has 4 rings (SSSR count). The van der Waals surface area contributed by atoms with Crippen molar-refractivity contribution in [2.75, 3.05) is 18.1 Å². The molecule has 2 aromatic rings. The van der Waals surface area contributed by atoms with E-state index in [4.69, 9.17) is 4.74 Å². The third-order valence-corrected chi connectivity index (χ3v) is 3.93. The molecule has 1 unspecified atom stereocenters. The zero-order chi connectivity index (χ0) is 13.4. The summed E-state index contributed by atoms with van der Waals surface area (Å²) in [6.07, 6.45) is 11.9. The van der Waals surface area contributed by atoms with Gasteiger partial charge in [0.25, 0.3) is 0 Å². The Morgan fingerprint density at radius 3 is 2.60 bits per heavy atom. The van der Waals surface area contributed by atoms with E-state index < -0.39 is 0 Å². The molecule has 0 amide bonds. The third-order valence-electron chi connectivity index (χ3n) is 3.93. The van der Waals surface area contributed by atoms with Gasteiger partial charge in [-0.15, -0.1) is 0 Å². The topological polar surface area (TPSA) is 38.2 Å². The molecule has 1 fully saturated rings. The summed E-state index contributed by atoms with van der Waals surface area (Å²) < 4.78 is 5.39. The normalized spacial score (nSPS) is 21.4. The lowest BCUT2D eigenvalue weighted by Crippen LogP contribution is -2.51. The Labute approximate surface area is 117 Å². The van der Waals surface area contributed by atoms with E-state index in [1.807, 2.05) is 24.8 Å². The third kappa shape index (κ3) is 1.80. The Bertz CT molecular complexity index is 637. The second-order valence-electron chi connectivity index (χ2n) is 5.12. The van der Waals surface area contributed by atoms with Gasteiger partial charge in [-0.25, -0.2) is 0 Å². The van der Waals surface area contributed by atoms with Crippen molar-refractivity contribution in [1.82, 2.24) is 9.97 Å². The highest BCUT2D eigenvalue weighted by atomic mass is 16.5. The molecule has 100 valence electrons. The molecule has 2 aliphatic heterocycles. The number of ether oxygens (including phenoxy) is 1. The Hall–Kier alpha value is -2.20. The molecule has 1 saturated heterocycles. The van der Waals surface area contributed by atoms with Gasteiger partial charge in [-0.1, -0.05) is 12.2 Å². The summed E-state index contributed by atoms with van der Waals surface area (Å²) in [5, 5.41) is 0. The number of pyridine rings is 2. The van der Waals surface area contributed by atoms with E-state index >= 15 is 0 Å². The summed E-state index contributed by atoms with van der Waals surface area (Å²) in [6.45, 7) is 1.56. The fraction of sp³-hybridized carbons (Fsp3) is 0.250. The van der Waals surface area contributed by atoms with Crippen LogP contribution in [0, 0.1) is 0 Å². The lowest BCUT2D eigenvalue weighted by atomic mass is 9.96. The summed E-state index contributed by atoms with van der Waals surface area (Å²) in [6, 6.07) is 6.84. The first-order valence-corrected chi connectivity index (χ1v) is 6.82. The zero-order valence-electron chi connectivity index (χ0n) is 11.0. The highest BCUT2D eigenvalue weighted by molar-refractivity contribution is 5.72. The van der Waals surface area contributed by atoms with E-state index in [0.29, 0.717) is 6.04 Å². The summed E-state index contributed by atoms with van der Waals surface area (Å²) in [5.41, 5.74) is 3.65. The zero-order valence-corrected chi connectivity index (χ0v) is 11.0. The van der Waals surface area contributed by atoms with Crippen LogP contribution in [0.3, 0.4) is 0 Å². The molecule has 4 heteroatoms. The first kappa shape index (κ1) is 11.6. The van der Waals surface area contributed by atoms with Crippen molar-refractivity contribution in [1.29, 1.82) is 0 Å². The van der Waals surface area contributed by atoms with E-state index in [-0.39, 0.29) is 6.04 Å². The van der Waals surface area contributed by atoms with Crippen LogP contribution in [0.1, 0.15) is 17.2 Å². The van der Waals surface area contributed by atoms with Crippen LogP contribution in [-0.4, -0.2) is 29.2 Å². The van der Waals surface area contributed by atoms with Crippen LogP contribution in [0.5, 0.6) is 0 Å². The van der Waals surface area contributed by atoms with Gasteiger partial charge in [0.05, 0.1) is 37.2 Å². The van der Waals surface area contributed by atoms with Gasteiger partial charge in [0, 0.05) is 24.2 Å². The molecule has 0 aliphatic carbocycles. The van der Waals surface area contributed by atoms with Crippen molar-refractivity contribution in [2.24, 2.45) is 0 Å². The molecule has 2 aromatic heterocycles. The van der Waals surface area contributed by atoms with Crippen LogP contribution in [0.4, 0.5) is 5.69 Å². The smallest absolute Gasteiger partial charge is 0.0767 e. The molecular weight excluding hydrogens is 250 g/mol. The molecule has 4 nitrogen and oxygen atoms in total. The van der Waals surface area contributed by atoms with Crippen molar-refractivity contribution < 1.29 is 4.74 Å². The number of anilines is 1. The monoisotopic (exact) mass is 265 g/mol. The first-order chi connectivity index (χ1) is 9.93.